The zero-order valence-corrected chi connectivity index (χ0v) is 12.7. The van der Waals surface area contributed by atoms with Crippen LogP contribution in [0.4, 0.5) is 5.69 Å². The first-order valence-electron chi connectivity index (χ1n) is 6.76. The monoisotopic (exact) mass is 302 g/mol. The van der Waals surface area contributed by atoms with Gasteiger partial charge in [-0.15, -0.1) is 0 Å². The lowest BCUT2D eigenvalue weighted by molar-refractivity contribution is -0.132. The molecule has 116 valence electrons. The summed E-state index contributed by atoms with van der Waals surface area (Å²) in [4.78, 5) is 22.9. The lowest BCUT2D eigenvalue weighted by Crippen LogP contribution is -2.30. The van der Waals surface area contributed by atoms with Crippen molar-refractivity contribution in [1.82, 2.24) is 5.01 Å². The maximum absolute atomic E-state index is 11.9. The van der Waals surface area contributed by atoms with E-state index in [1.165, 1.54) is 7.11 Å². The Labute approximate surface area is 128 Å². The topological polar surface area (TPSA) is 78.9 Å². The van der Waals surface area contributed by atoms with E-state index in [2.05, 4.69) is 5.43 Å². The molecule has 0 saturated heterocycles. The molecule has 0 aliphatic carbocycles. The van der Waals surface area contributed by atoms with Crippen molar-refractivity contribution >= 4 is 17.6 Å². The summed E-state index contributed by atoms with van der Waals surface area (Å²) in [5.41, 5.74) is 6.23. The van der Waals surface area contributed by atoms with Crippen LogP contribution >= 0.6 is 0 Å². The number of aliphatic carboxylic acids is 1. The largest absolute Gasteiger partial charge is 0.478 e. The van der Waals surface area contributed by atoms with Crippen molar-refractivity contribution in [2.45, 2.75) is 13.8 Å². The lowest BCUT2D eigenvalue weighted by atomic mass is 10.0. The minimum absolute atomic E-state index is 0.229. The number of aryl methyl sites for hydroxylation is 1. The van der Waals surface area contributed by atoms with Crippen LogP contribution in [0.1, 0.15) is 21.5 Å². The van der Waals surface area contributed by atoms with Gasteiger partial charge in [-0.2, -0.15) is 0 Å². The smallest absolute Gasteiger partial charge is 0.338 e. The molecule has 0 unspecified atom stereocenters. The number of methoxy groups -OCH3 is 1. The Morgan fingerprint density at radius 3 is 2.68 bits per heavy atom. The van der Waals surface area contributed by atoms with Gasteiger partial charge in [-0.3, -0.25) is 10.4 Å². The van der Waals surface area contributed by atoms with E-state index in [9.17, 15) is 9.59 Å². The normalized spacial score (nSPS) is 13.6. The minimum Gasteiger partial charge on any atom is -0.478 e. The van der Waals surface area contributed by atoms with E-state index in [0.717, 1.165) is 16.8 Å². The van der Waals surface area contributed by atoms with E-state index in [-0.39, 0.29) is 18.1 Å². The molecule has 0 aromatic heterocycles. The van der Waals surface area contributed by atoms with Gasteiger partial charge in [0, 0.05) is 6.20 Å². The third-order valence-electron chi connectivity index (χ3n) is 3.51. The molecule has 1 aromatic rings. The number of anilines is 1. The van der Waals surface area contributed by atoms with Crippen LogP contribution in [0, 0.1) is 13.8 Å². The average Bonchev–Trinajstić information content (AvgIpc) is 2.50. The Kier molecular flexibility index (Phi) is 4.50. The van der Waals surface area contributed by atoms with Crippen LogP contribution in [0.3, 0.4) is 0 Å². The number of rotatable bonds is 4. The average molecular weight is 302 g/mol. The van der Waals surface area contributed by atoms with Gasteiger partial charge in [-0.05, 0) is 43.2 Å². The van der Waals surface area contributed by atoms with Crippen LogP contribution in [0.2, 0.25) is 0 Å². The number of ether oxygens (including phenoxy) is 1. The molecule has 0 bridgehead atoms. The highest BCUT2D eigenvalue weighted by molar-refractivity contribution is 5.94. The van der Waals surface area contributed by atoms with E-state index in [1.54, 1.807) is 23.4 Å². The maximum Gasteiger partial charge on any atom is 0.338 e. The fourth-order valence-corrected chi connectivity index (χ4v) is 2.31. The molecule has 6 nitrogen and oxygen atoms in total. The van der Waals surface area contributed by atoms with Crippen molar-refractivity contribution in [2.75, 3.05) is 19.1 Å². The molecule has 0 spiro atoms. The summed E-state index contributed by atoms with van der Waals surface area (Å²) in [6.07, 6.45) is 4.95. The molecular weight excluding hydrogens is 284 g/mol. The summed E-state index contributed by atoms with van der Waals surface area (Å²) >= 11 is 0. The Hall–Kier alpha value is -2.76. The van der Waals surface area contributed by atoms with Crippen LogP contribution in [0.25, 0.3) is 0 Å². The first kappa shape index (κ1) is 15.6. The Bertz CT molecular complexity index is 677. The number of nitrogens with zero attached hydrogens (tertiary/aromatic N) is 1. The summed E-state index contributed by atoms with van der Waals surface area (Å²) in [5, 5.41) is 10.7. The maximum atomic E-state index is 11.9. The van der Waals surface area contributed by atoms with Gasteiger partial charge in [0.05, 0.1) is 30.5 Å². The number of carboxylic acid groups (broad SMARTS) is 1. The van der Waals surface area contributed by atoms with E-state index in [1.807, 2.05) is 26.0 Å². The van der Waals surface area contributed by atoms with E-state index in [0.29, 0.717) is 5.56 Å². The molecule has 0 radical (unpaired) electrons. The molecule has 1 aromatic carbocycles. The van der Waals surface area contributed by atoms with E-state index in [4.69, 9.17) is 9.84 Å². The standard InChI is InChI=1S/C16H18N2O4/c1-10-6-7-13(11(2)14(10)16(21)22-3)17-18-8-4-5-12(9-18)15(19)20/h4-8,17H,9H2,1-3H3,(H,19,20). The number of hydrazine groups is 1. The second-order valence-electron chi connectivity index (χ2n) is 5.00. The van der Waals surface area contributed by atoms with Crippen LogP contribution in [-0.2, 0) is 9.53 Å². The summed E-state index contributed by atoms with van der Waals surface area (Å²) in [5.74, 6) is -1.34. The molecule has 22 heavy (non-hydrogen) atoms. The van der Waals surface area contributed by atoms with Crippen molar-refractivity contribution in [3.8, 4) is 0 Å². The number of esters is 1. The molecule has 0 saturated carbocycles. The quantitative estimate of drug-likeness (QED) is 0.831. The van der Waals surface area contributed by atoms with Crippen molar-refractivity contribution in [1.29, 1.82) is 0 Å². The molecule has 2 rings (SSSR count). The number of nitrogens with one attached hydrogen (secondary N) is 1. The second-order valence-corrected chi connectivity index (χ2v) is 5.00. The predicted molar refractivity (Wildman–Crippen MR) is 82.4 cm³/mol. The summed E-state index contributed by atoms with van der Waals surface area (Å²) < 4.78 is 4.81. The summed E-state index contributed by atoms with van der Waals surface area (Å²) in [6.45, 7) is 3.89. The molecule has 1 heterocycles. The highest BCUT2D eigenvalue weighted by atomic mass is 16.5. The lowest BCUT2D eigenvalue weighted by Gasteiger charge is -2.26. The van der Waals surface area contributed by atoms with E-state index >= 15 is 0 Å². The molecule has 0 amide bonds. The second kappa shape index (κ2) is 6.34. The third kappa shape index (κ3) is 3.11. The number of hydrogen-bond donors (Lipinski definition) is 2. The first-order chi connectivity index (χ1) is 10.4. The molecular formula is C16H18N2O4. The fraction of sp³-hybridized carbons (Fsp3) is 0.250. The Balaban J connectivity index is 2.25. The Morgan fingerprint density at radius 1 is 1.32 bits per heavy atom. The van der Waals surface area contributed by atoms with Crippen molar-refractivity contribution in [2.24, 2.45) is 0 Å². The van der Waals surface area contributed by atoms with E-state index < -0.39 is 5.97 Å². The number of allylic oxidation sites excluding steroid dienone is 2. The number of hydrogen-bond acceptors (Lipinski definition) is 5. The highest BCUT2D eigenvalue weighted by Crippen LogP contribution is 2.24. The van der Waals surface area contributed by atoms with Crippen molar-refractivity contribution in [3.05, 3.63) is 52.7 Å². The van der Waals surface area contributed by atoms with Gasteiger partial charge in [0.1, 0.15) is 0 Å². The van der Waals surface area contributed by atoms with Gasteiger partial charge in [0.25, 0.3) is 0 Å². The van der Waals surface area contributed by atoms with Crippen LogP contribution in [0.5, 0.6) is 0 Å². The Morgan fingerprint density at radius 2 is 2.05 bits per heavy atom. The zero-order valence-electron chi connectivity index (χ0n) is 12.7. The molecule has 2 N–H and O–H groups in total. The molecule has 0 atom stereocenters. The number of carbonyl (C=O) groups excluding carboxylic acids is 1. The SMILES string of the molecule is COC(=O)c1c(C)ccc(NN2C=CC=C(C(=O)O)C2)c1C. The number of carboxylic acids is 1. The fourth-order valence-electron chi connectivity index (χ4n) is 2.31. The zero-order chi connectivity index (χ0) is 16.3. The summed E-state index contributed by atoms with van der Waals surface area (Å²) in [7, 11) is 1.35. The van der Waals surface area contributed by atoms with Gasteiger partial charge in [0.2, 0.25) is 0 Å². The molecule has 1 aliphatic heterocycles. The van der Waals surface area contributed by atoms with Gasteiger partial charge >= 0.3 is 11.9 Å². The van der Waals surface area contributed by atoms with Crippen molar-refractivity contribution < 1.29 is 19.4 Å². The third-order valence-corrected chi connectivity index (χ3v) is 3.51. The van der Waals surface area contributed by atoms with Crippen molar-refractivity contribution in [3.63, 3.8) is 0 Å². The van der Waals surface area contributed by atoms with Crippen LogP contribution < -0.4 is 5.43 Å². The van der Waals surface area contributed by atoms with Gasteiger partial charge in [0.15, 0.2) is 0 Å². The number of benzene rings is 1. The first-order valence-corrected chi connectivity index (χ1v) is 6.76. The number of carbonyl (C=O) groups is 2. The summed E-state index contributed by atoms with van der Waals surface area (Å²) in [6, 6.07) is 3.67. The predicted octanol–water partition coefficient (Wildman–Crippen LogP) is 2.26. The van der Waals surface area contributed by atoms with Crippen LogP contribution in [0.15, 0.2) is 36.1 Å². The molecule has 0 fully saturated rings. The highest BCUT2D eigenvalue weighted by Gasteiger charge is 2.18. The van der Waals surface area contributed by atoms with Gasteiger partial charge in [-0.1, -0.05) is 6.07 Å². The van der Waals surface area contributed by atoms with Gasteiger partial charge in [-0.25, -0.2) is 9.59 Å². The molecule has 1 aliphatic rings. The van der Waals surface area contributed by atoms with Crippen LogP contribution in [-0.4, -0.2) is 35.7 Å². The molecule has 6 heteroatoms. The minimum atomic E-state index is -0.952. The van der Waals surface area contributed by atoms with Gasteiger partial charge < -0.3 is 9.84 Å².